The highest BCUT2D eigenvalue weighted by atomic mass is 35.5. The van der Waals surface area contributed by atoms with Crippen molar-refractivity contribution in [2.24, 2.45) is 0 Å². The molecule has 1 aromatic heterocycles. The number of hydrogen-bond donors (Lipinski definition) is 1. The zero-order valence-electron chi connectivity index (χ0n) is 12.5. The summed E-state index contributed by atoms with van der Waals surface area (Å²) in [6, 6.07) is 12.5. The summed E-state index contributed by atoms with van der Waals surface area (Å²) in [5.41, 5.74) is 1.27. The SMILES string of the molecule is Cl.c1csc(COc2ccc(CNCC3CCCO3)cc2)c1. The third-order valence-electron chi connectivity index (χ3n) is 3.61. The first-order valence-corrected chi connectivity index (χ1v) is 8.34. The van der Waals surface area contributed by atoms with Crippen molar-refractivity contribution in [2.45, 2.75) is 32.1 Å². The van der Waals surface area contributed by atoms with E-state index in [4.69, 9.17) is 9.47 Å². The fourth-order valence-electron chi connectivity index (χ4n) is 2.44. The number of ether oxygens (including phenoxy) is 2. The van der Waals surface area contributed by atoms with Crippen molar-refractivity contribution in [1.82, 2.24) is 5.32 Å². The molecule has 0 spiro atoms. The van der Waals surface area contributed by atoms with Crippen LogP contribution < -0.4 is 10.1 Å². The molecule has 0 radical (unpaired) electrons. The van der Waals surface area contributed by atoms with Crippen molar-refractivity contribution in [3.8, 4) is 5.75 Å². The lowest BCUT2D eigenvalue weighted by atomic mass is 10.2. The lowest BCUT2D eigenvalue weighted by Gasteiger charge is -2.11. The first-order valence-electron chi connectivity index (χ1n) is 7.46. The van der Waals surface area contributed by atoms with Gasteiger partial charge in [0, 0.05) is 24.6 Å². The Labute approximate surface area is 142 Å². The monoisotopic (exact) mass is 339 g/mol. The summed E-state index contributed by atoms with van der Waals surface area (Å²) in [7, 11) is 0. The van der Waals surface area contributed by atoms with Gasteiger partial charge in [0.1, 0.15) is 12.4 Å². The Hall–Kier alpha value is -1.07. The predicted molar refractivity (Wildman–Crippen MR) is 93.0 cm³/mol. The number of rotatable bonds is 7. The van der Waals surface area contributed by atoms with Crippen LogP contribution in [0.3, 0.4) is 0 Å². The summed E-state index contributed by atoms with van der Waals surface area (Å²) in [4.78, 5) is 1.25. The Morgan fingerprint density at radius 3 is 2.77 bits per heavy atom. The van der Waals surface area contributed by atoms with Gasteiger partial charge in [0.25, 0.3) is 0 Å². The molecule has 1 aromatic carbocycles. The number of hydrogen-bond acceptors (Lipinski definition) is 4. The molecule has 1 N–H and O–H groups in total. The minimum absolute atomic E-state index is 0. The van der Waals surface area contributed by atoms with Gasteiger partial charge in [0.15, 0.2) is 0 Å². The highest BCUT2D eigenvalue weighted by Gasteiger charge is 2.14. The molecule has 1 unspecified atom stereocenters. The second-order valence-electron chi connectivity index (χ2n) is 5.28. The molecule has 0 aliphatic carbocycles. The smallest absolute Gasteiger partial charge is 0.122 e. The summed E-state index contributed by atoms with van der Waals surface area (Å²) in [6.45, 7) is 3.39. The van der Waals surface area contributed by atoms with Gasteiger partial charge in [-0.1, -0.05) is 18.2 Å². The molecule has 3 nitrogen and oxygen atoms in total. The predicted octanol–water partition coefficient (Wildman–Crippen LogP) is 4.02. The van der Waals surface area contributed by atoms with Crippen LogP contribution >= 0.6 is 23.7 Å². The van der Waals surface area contributed by atoms with Gasteiger partial charge in [-0.15, -0.1) is 23.7 Å². The van der Waals surface area contributed by atoms with Gasteiger partial charge in [0.2, 0.25) is 0 Å². The first kappa shape index (κ1) is 17.3. The van der Waals surface area contributed by atoms with E-state index in [1.165, 1.54) is 23.3 Å². The highest BCUT2D eigenvalue weighted by Crippen LogP contribution is 2.16. The molecule has 5 heteroatoms. The third-order valence-corrected chi connectivity index (χ3v) is 4.46. The summed E-state index contributed by atoms with van der Waals surface area (Å²) >= 11 is 1.72. The maximum Gasteiger partial charge on any atom is 0.122 e. The van der Waals surface area contributed by atoms with E-state index in [1.54, 1.807) is 11.3 Å². The molecule has 0 amide bonds. The standard InChI is InChI=1S/C17H21NO2S.ClH/c1-3-16(19-9-1)12-18-11-14-5-7-15(8-6-14)20-13-17-4-2-10-21-17;/h2,4-8,10,16,18H,1,3,9,11-13H2;1H. The van der Waals surface area contributed by atoms with Crippen LogP contribution in [0.15, 0.2) is 41.8 Å². The molecular formula is C17H22ClNO2S. The molecule has 0 bridgehead atoms. The lowest BCUT2D eigenvalue weighted by Crippen LogP contribution is -2.25. The molecule has 1 fully saturated rings. The van der Waals surface area contributed by atoms with Gasteiger partial charge in [-0.2, -0.15) is 0 Å². The van der Waals surface area contributed by atoms with Crippen LogP contribution in [0, 0.1) is 0 Å². The second-order valence-corrected chi connectivity index (χ2v) is 6.31. The Morgan fingerprint density at radius 1 is 1.23 bits per heavy atom. The quantitative estimate of drug-likeness (QED) is 0.826. The van der Waals surface area contributed by atoms with Crippen molar-refractivity contribution in [3.05, 3.63) is 52.2 Å². The maximum absolute atomic E-state index is 5.76. The summed E-state index contributed by atoms with van der Waals surface area (Å²) < 4.78 is 11.4. The number of benzene rings is 1. The van der Waals surface area contributed by atoms with Gasteiger partial charge in [-0.05, 0) is 42.0 Å². The molecule has 2 aromatic rings. The zero-order valence-corrected chi connectivity index (χ0v) is 14.1. The van der Waals surface area contributed by atoms with Crippen molar-refractivity contribution in [1.29, 1.82) is 0 Å². The normalized spacial score (nSPS) is 17.2. The van der Waals surface area contributed by atoms with Crippen LogP contribution in [0.25, 0.3) is 0 Å². The van der Waals surface area contributed by atoms with Gasteiger partial charge in [0.05, 0.1) is 6.10 Å². The van der Waals surface area contributed by atoms with Crippen molar-refractivity contribution >= 4 is 23.7 Å². The molecule has 2 heterocycles. The fraction of sp³-hybridized carbons (Fsp3) is 0.412. The molecule has 1 aliphatic rings. The van der Waals surface area contributed by atoms with Crippen molar-refractivity contribution in [3.63, 3.8) is 0 Å². The van der Waals surface area contributed by atoms with E-state index in [1.807, 2.05) is 18.2 Å². The molecule has 3 rings (SSSR count). The van der Waals surface area contributed by atoms with E-state index < -0.39 is 0 Å². The number of halogens is 1. The van der Waals surface area contributed by atoms with E-state index in [9.17, 15) is 0 Å². The van der Waals surface area contributed by atoms with E-state index in [-0.39, 0.29) is 12.4 Å². The fourth-order valence-corrected chi connectivity index (χ4v) is 3.05. The Balaban J connectivity index is 0.00000176. The first-order chi connectivity index (χ1) is 10.4. The van der Waals surface area contributed by atoms with Crippen LogP contribution in [0.1, 0.15) is 23.3 Å². The summed E-state index contributed by atoms with van der Waals surface area (Å²) in [5.74, 6) is 0.922. The molecular weight excluding hydrogens is 318 g/mol. The third kappa shape index (κ3) is 5.29. The maximum atomic E-state index is 5.76. The Kier molecular flexibility index (Phi) is 7.19. The topological polar surface area (TPSA) is 30.5 Å². The molecule has 1 aliphatic heterocycles. The highest BCUT2D eigenvalue weighted by molar-refractivity contribution is 7.09. The summed E-state index contributed by atoms with van der Waals surface area (Å²) in [5, 5.41) is 5.52. The second kappa shape index (κ2) is 9.16. The van der Waals surface area contributed by atoms with E-state index in [0.29, 0.717) is 12.7 Å². The van der Waals surface area contributed by atoms with Crippen LogP contribution in [0.5, 0.6) is 5.75 Å². The lowest BCUT2D eigenvalue weighted by molar-refractivity contribution is 0.110. The van der Waals surface area contributed by atoms with Gasteiger partial charge >= 0.3 is 0 Å². The van der Waals surface area contributed by atoms with Crippen LogP contribution in [0.2, 0.25) is 0 Å². The minimum atomic E-state index is 0. The Bertz CT molecular complexity index is 524. The van der Waals surface area contributed by atoms with E-state index in [0.717, 1.165) is 25.4 Å². The molecule has 22 heavy (non-hydrogen) atoms. The van der Waals surface area contributed by atoms with E-state index >= 15 is 0 Å². The van der Waals surface area contributed by atoms with Crippen LogP contribution in [-0.4, -0.2) is 19.3 Å². The zero-order chi connectivity index (χ0) is 14.3. The van der Waals surface area contributed by atoms with Gasteiger partial charge in [-0.3, -0.25) is 0 Å². The molecule has 120 valence electrons. The molecule has 1 saturated heterocycles. The summed E-state index contributed by atoms with van der Waals surface area (Å²) in [6.07, 6.45) is 2.78. The number of nitrogens with one attached hydrogen (secondary N) is 1. The Morgan fingerprint density at radius 2 is 2.09 bits per heavy atom. The van der Waals surface area contributed by atoms with Gasteiger partial charge in [-0.25, -0.2) is 0 Å². The largest absolute Gasteiger partial charge is 0.488 e. The van der Waals surface area contributed by atoms with Crippen molar-refractivity contribution < 1.29 is 9.47 Å². The number of thiophene rings is 1. The van der Waals surface area contributed by atoms with Crippen molar-refractivity contribution in [2.75, 3.05) is 13.2 Å². The van der Waals surface area contributed by atoms with E-state index in [2.05, 4.69) is 28.9 Å². The van der Waals surface area contributed by atoms with Crippen LogP contribution in [0.4, 0.5) is 0 Å². The average molecular weight is 340 g/mol. The van der Waals surface area contributed by atoms with Gasteiger partial charge < -0.3 is 14.8 Å². The molecule has 0 saturated carbocycles. The molecule has 1 atom stereocenters. The average Bonchev–Trinajstić information content (AvgIpc) is 3.20. The minimum Gasteiger partial charge on any atom is -0.488 e. The van der Waals surface area contributed by atoms with Crippen LogP contribution in [-0.2, 0) is 17.9 Å².